The average molecular weight is 811 g/mol. The summed E-state index contributed by atoms with van der Waals surface area (Å²) in [7, 11) is -4.65. The number of halogens is 1. The number of fused-ring (bicyclic) bond motifs is 1. The van der Waals surface area contributed by atoms with Gasteiger partial charge in [0.1, 0.15) is 41.9 Å². The molecule has 1 aliphatic rings. The summed E-state index contributed by atoms with van der Waals surface area (Å²) in [4.78, 5) is 14.5. The average Bonchev–Trinajstić information content (AvgIpc) is 3.71. The minimum absolute atomic E-state index is 0.136. The van der Waals surface area contributed by atoms with Crippen molar-refractivity contribution in [3.63, 3.8) is 0 Å². The Morgan fingerprint density at radius 3 is 2.16 bits per heavy atom. The number of rotatable bonds is 29. The number of aliphatic hydroxyl groups is 2. The van der Waals surface area contributed by atoms with Crippen molar-refractivity contribution in [2.75, 3.05) is 32.2 Å². The Morgan fingerprint density at radius 2 is 1.53 bits per heavy atom. The summed E-state index contributed by atoms with van der Waals surface area (Å²) in [6, 6.07) is 10.6. The molecule has 1 aliphatic heterocycles. The molecule has 13 nitrogen and oxygen atoms in total. The van der Waals surface area contributed by atoms with Gasteiger partial charge in [-0.25, -0.2) is 14.1 Å². The number of benzene rings is 1. The molecule has 0 amide bonds. The van der Waals surface area contributed by atoms with Crippen LogP contribution in [-0.2, 0) is 40.0 Å². The predicted molar refractivity (Wildman–Crippen MR) is 214 cm³/mol. The molecule has 2 aromatic heterocycles. The van der Waals surface area contributed by atoms with E-state index in [-0.39, 0.29) is 25.6 Å². The van der Waals surface area contributed by atoms with Crippen molar-refractivity contribution in [1.29, 1.82) is 0 Å². The van der Waals surface area contributed by atoms with E-state index in [1.165, 1.54) is 101 Å². The highest BCUT2D eigenvalue weighted by Crippen LogP contribution is 2.46. The number of anilines is 1. The molecular weight excluding hydrogens is 747 g/mol. The summed E-state index contributed by atoms with van der Waals surface area (Å²) in [5, 5.41) is 26.6. The van der Waals surface area contributed by atoms with E-state index < -0.39 is 44.4 Å². The van der Waals surface area contributed by atoms with Gasteiger partial charge in [0.25, 0.3) is 0 Å². The van der Waals surface area contributed by atoms with Crippen molar-refractivity contribution >= 4 is 30.8 Å². The summed E-state index contributed by atoms with van der Waals surface area (Å²) in [6.07, 6.45) is 17.2. The van der Waals surface area contributed by atoms with Crippen LogP contribution in [0, 0.1) is 0 Å². The van der Waals surface area contributed by atoms with Crippen LogP contribution < -0.4 is 5.73 Å². The highest BCUT2D eigenvalue weighted by molar-refractivity contribution is 7.47. The Balaban J connectivity index is 1.15. The van der Waals surface area contributed by atoms with Crippen molar-refractivity contribution in [1.82, 2.24) is 14.6 Å². The number of nitrogens with zero attached hydrogens (tertiary/aromatic N) is 3. The highest BCUT2D eigenvalue weighted by Gasteiger charge is 2.54. The number of phosphoric ester groups is 1. The zero-order chi connectivity index (χ0) is 39.5. The molecule has 0 spiro atoms. The lowest BCUT2D eigenvalue weighted by molar-refractivity contribution is -0.0901. The summed E-state index contributed by atoms with van der Waals surface area (Å²) in [5.41, 5.74) is 6.17. The van der Waals surface area contributed by atoms with Gasteiger partial charge in [-0.1, -0.05) is 133 Å². The van der Waals surface area contributed by atoms with Crippen molar-refractivity contribution in [3.8, 4) is 0 Å². The number of hydrogen-bond acceptors (Lipinski definition) is 11. The molecule has 1 fully saturated rings. The molecule has 15 heteroatoms. The standard InChI is InChI=1S/C40H64ClN4O9P/c1-3-4-5-6-7-8-9-10-11-12-13-14-15-16-17-20-25-50-27-32(51-26-31-21-18-19-22-33(31)41)28-52-55(48,49)53-29-35-37(46)38(47)40(2,54-35)36-24-23-34-39(42)43-30-44-45(34)36/h18-19,21-24,30,32,35,37-38,46-47H,3-17,20,25-29H2,1-2H3,(H,48,49)(H2,42,43,44)/t32-,35?,37-,38-,40+/m1/s1. The predicted octanol–water partition coefficient (Wildman–Crippen LogP) is 8.30. The van der Waals surface area contributed by atoms with Gasteiger partial charge in [-0.05, 0) is 37.1 Å². The molecule has 4 rings (SSSR count). The summed E-state index contributed by atoms with van der Waals surface area (Å²) in [5.74, 6) is 0.232. The van der Waals surface area contributed by atoms with E-state index in [2.05, 4.69) is 17.0 Å². The van der Waals surface area contributed by atoms with E-state index in [9.17, 15) is 19.7 Å². The Hall–Kier alpha value is -2.16. The fourth-order valence-corrected chi connectivity index (χ4v) is 7.93. The lowest BCUT2D eigenvalue weighted by Gasteiger charge is -2.27. The number of ether oxygens (including phenoxy) is 3. The van der Waals surface area contributed by atoms with Crippen LogP contribution in [-0.4, -0.2) is 80.5 Å². The van der Waals surface area contributed by atoms with Gasteiger partial charge in [0.2, 0.25) is 0 Å². The lowest BCUT2D eigenvalue weighted by Crippen LogP contribution is -2.39. The molecule has 0 radical (unpaired) electrons. The van der Waals surface area contributed by atoms with Gasteiger partial charge in [-0.3, -0.25) is 9.05 Å². The molecule has 310 valence electrons. The number of aliphatic hydroxyl groups excluding tert-OH is 2. The first kappa shape index (κ1) is 45.5. The largest absolute Gasteiger partial charge is 0.472 e. The second kappa shape index (κ2) is 23.9. The molecule has 1 saturated heterocycles. The fraction of sp³-hybridized carbons (Fsp3) is 0.700. The van der Waals surface area contributed by atoms with Crippen LogP contribution in [0.3, 0.4) is 0 Å². The van der Waals surface area contributed by atoms with E-state index in [1.807, 2.05) is 18.2 Å². The van der Waals surface area contributed by atoms with Crippen molar-refractivity contribution in [2.45, 2.75) is 153 Å². The highest BCUT2D eigenvalue weighted by atomic mass is 35.5. The van der Waals surface area contributed by atoms with E-state index in [0.717, 1.165) is 18.4 Å². The molecule has 0 saturated carbocycles. The fourth-order valence-electron chi connectivity index (χ4n) is 6.97. The van der Waals surface area contributed by atoms with E-state index in [1.54, 1.807) is 25.1 Å². The Labute approximate surface area is 331 Å². The Bertz CT molecular complexity index is 1580. The summed E-state index contributed by atoms with van der Waals surface area (Å²) >= 11 is 6.32. The van der Waals surface area contributed by atoms with Crippen molar-refractivity contribution in [3.05, 3.63) is 59.0 Å². The van der Waals surface area contributed by atoms with Crippen LogP contribution in [0.25, 0.3) is 5.52 Å². The van der Waals surface area contributed by atoms with Gasteiger partial charge in [0.05, 0.1) is 32.1 Å². The zero-order valence-corrected chi connectivity index (χ0v) is 34.4. The molecule has 2 unspecified atom stereocenters. The molecule has 5 N–H and O–H groups in total. The van der Waals surface area contributed by atoms with Gasteiger partial charge in [0.15, 0.2) is 5.82 Å². The number of nitrogen functional groups attached to an aromatic ring is 1. The monoisotopic (exact) mass is 810 g/mol. The maximum atomic E-state index is 13.0. The molecule has 3 aromatic rings. The van der Waals surface area contributed by atoms with E-state index >= 15 is 0 Å². The van der Waals surface area contributed by atoms with Gasteiger partial charge in [-0.15, -0.1) is 0 Å². The van der Waals surface area contributed by atoms with E-state index in [4.69, 9.17) is 40.6 Å². The minimum Gasteiger partial charge on any atom is -0.387 e. The zero-order valence-electron chi connectivity index (χ0n) is 32.7. The third-order valence-electron chi connectivity index (χ3n) is 10.4. The van der Waals surface area contributed by atoms with Crippen LogP contribution in [0.1, 0.15) is 128 Å². The summed E-state index contributed by atoms with van der Waals surface area (Å²) in [6.45, 7) is 3.82. The summed E-state index contributed by atoms with van der Waals surface area (Å²) < 4.78 is 43.0. The van der Waals surface area contributed by atoms with Crippen LogP contribution in [0.15, 0.2) is 42.7 Å². The number of aromatic nitrogens is 3. The maximum absolute atomic E-state index is 13.0. The topological polar surface area (TPSA) is 180 Å². The van der Waals surface area contributed by atoms with Crippen LogP contribution in [0.2, 0.25) is 5.02 Å². The number of unbranched alkanes of at least 4 members (excludes halogenated alkanes) is 15. The first-order chi connectivity index (χ1) is 26.6. The number of hydrogen-bond donors (Lipinski definition) is 4. The second-order valence-electron chi connectivity index (χ2n) is 14.8. The van der Waals surface area contributed by atoms with Gasteiger partial charge < -0.3 is 35.1 Å². The SMILES string of the molecule is CCCCCCCCCCCCCCCCCCOC[C@H](COP(=O)(O)OCC1O[C@@](C)(c2ccc3c(N)ncnn23)[C@H](O)[C@@H]1O)OCc1ccccc1Cl. The number of phosphoric acid groups is 1. The first-order valence-corrected chi connectivity index (χ1v) is 22.1. The van der Waals surface area contributed by atoms with Gasteiger partial charge in [0, 0.05) is 11.6 Å². The van der Waals surface area contributed by atoms with Gasteiger partial charge >= 0.3 is 7.82 Å². The van der Waals surface area contributed by atoms with Gasteiger partial charge in [-0.2, -0.15) is 5.10 Å². The van der Waals surface area contributed by atoms with E-state index in [0.29, 0.717) is 22.8 Å². The van der Waals surface area contributed by atoms with Crippen LogP contribution in [0.5, 0.6) is 0 Å². The van der Waals surface area contributed by atoms with Crippen molar-refractivity contribution in [2.24, 2.45) is 0 Å². The second-order valence-corrected chi connectivity index (χ2v) is 16.7. The van der Waals surface area contributed by atoms with Crippen LogP contribution >= 0.6 is 19.4 Å². The number of nitrogens with two attached hydrogens (primary N) is 1. The third kappa shape index (κ3) is 14.6. The smallest absolute Gasteiger partial charge is 0.387 e. The molecule has 1 aromatic carbocycles. The maximum Gasteiger partial charge on any atom is 0.472 e. The minimum atomic E-state index is -4.65. The quantitative estimate of drug-likeness (QED) is 0.0390. The lowest BCUT2D eigenvalue weighted by atomic mass is 9.93. The molecule has 3 heterocycles. The third-order valence-corrected chi connectivity index (χ3v) is 11.7. The normalized spacial score (nSPS) is 21.7. The molecule has 0 aliphatic carbocycles. The molecule has 6 atom stereocenters. The first-order valence-electron chi connectivity index (χ1n) is 20.2. The van der Waals surface area contributed by atoms with Crippen molar-refractivity contribution < 1.29 is 42.9 Å². The molecule has 0 bridgehead atoms. The Kier molecular flexibility index (Phi) is 19.8. The Morgan fingerprint density at radius 1 is 0.909 bits per heavy atom. The van der Waals surface area contributed by atoms with Crippen LogP contribution in [0.4, 0.5) is 5.82 Å². The molecule has 55 heavy (non-hydrogen) atoms. The molecular formula is C40H64ClN4O9P.